The van der Waals surface area contributed by atoms with Gasteiger partial charge in [0.25, 0.3) is 5.91 Å². The molecule has 0 bridgehead atoms. The van der Waals surface area contributed by atoms with Gasteiger partial charge >= 0.3 is 0 Å². The fraction of sp³-hybridized carbons (Fsp3) is 0.100. The van der Waals surface area contributed by atoms with Gasteiger partial charge in [0.1, 0.15) is 29.0 Å². The zero-order valence-corrected chi connectivity index (χ0v) is 16.2. The first kappa shape index (κ1) is 18.5. The van der Waals surface area contributed by atoms with Crippen LogP contribution in [0.3, 0.4) is 0 Å². The van der Waals surface area contributed by atoms with Crippen molar-refractivity contribution in [2.45, 2.75) is 6.10 Å². The summed E-state index contributed by atoms with van der Waals surface area (Å²) in [6, 6.07) is 14.4. The topological polar surface area (TPSA) is 89.9 Å². The van der Waals surface area contributed by atoms with Crippen LogP contribution in [0.25, 0.3) is 16.2 Å². The highest BCUT2D eigenvalue weighted by atomic mass is 35.5. The summed E-state index contributed by atoms with van der Waals surface area (Å²) in [6.45, 7) is -0.0622. The Morgan fingerprint density at radius 1 is 1.29 bits per heavy atom. The molecule has 142 valence electrons. The molecule has 0 radical (unpaired) electrons. The maximum absolute atomic E-state index is 11.9. The molecular formula is C20H16ClN3O3S. The molecule has 0 saturated carbocycles. The first-order chi connectivity index (χ1) is 13.5. The Balaban J connectivity index is 1.62. The highest BCUT2D eigenvalue weighted by Gasteiger charge is 2.20. The number of carbonyl (C=O) groups excluding carboxylic acids is 1. The van der Waals surface area contributed by atoms with Crippen molar-refractivity contribution in [1.29, 1.82) is 0 Å². The molecule has 4 rings (SSSR count). The van der Waals surface area contributed by atoms with Gasteiger partial charge in [-0.1, -0.05) is 35.9 Å². The number of imidazole rings is 1. The normalized spacial score (nSPS) is 12.2. The number of nitrogens with two attached hydrogens (primary N) is 1. The molecule has 28 heavy (non-hydrogen) atoms. The number of carbonyl (C=O) groups is 1. The zero-order valence-electron chi connectivity index (χ0n) is 14.6. The average molecular weight is 414 g/mol. The van der Waals surface area contributed by atoms with Gasteiger partial charge in [-0.25, -0.2) is 4.98 Å². The van der Waals surface area contributed by atoms with Gasteiger partial charge in [-0.05, 0) is 18.2 Å². The minimum Gasteiger partial charge on any atom is -0.489 e. The molecule has 0 aliphatic carbocycles. The third kappa shape index (κ3) is 3.47. The third-order valence-corrected chi connectivity index (χ3v) is 5.75. The fourth-order valence-electron chi connectivity index (χ4n) is 2.90. The van der Waals surface area contributed by atoms with Gasteiger partial charge in [-0.2, -0.15) is 0 Å². The van der Waals surface area contributed by atoms with Crippen molar-refractivity contribution in [1.82, 2.24) is 9.38 Å². The number of pyridine rings is 1. The molecule has 4 aromatic rings. The number of hydrogen-bond donors (Lipinski definition) is 2. The van der Waals surface area contributed by atoms with Crippen molar-refractivity contribution in [3.05, 3.63) is 76.4 Å². The second-order valence-corrected chi connectivity index (χ2v) is 7.55. The predicted octanol–water partition coefficient (Wildman–Crippen LogP) is 3.93. The lowest BCUT2D eigenvalue weighted by Gasteiger charge is -2.13. The molecule has 1 unspecified atom stereocenters. The molecular weight excluding hydrogens is 398 g/mol. The first-order valence-corrected chi connectivity index (χ1v) is 9.65. The molecule has 3 aromatic heterocycles. The molecule has 8 heteroatoms. The predicted molar refractivity (Wildman–Crippen MR) is 109 cm³/mol. The largest absolute Gasteiger partial charge is 0.489 e. The van der Waals surface area contributed by atoms with Crippen LogP contribution < -0.4 is 10.5 Å². The number of amides is 1. The van der Waals surface area contributed by atoms with Gasteiger partial charge < -0.3 is 15.6 Å². The number of nitrogens with zero attached hydrogens (tertiary/aromatic N) is 2. The molecule has 0 aliphatic heterocycles. The lowest BCUT2D eigenvalue weighted by Crippen LogP contribution is -2.14. The molecule has 1 aromatic carbocycles. The minimum absolute atomic E-state index is 0.0622. The van der Waals surface area contributed by atoms with E-state index in [1.165, 1.54) is 11.3 Å². The monoisotopic (exact) mass is 413 g/mol. The van der Waals surface area contributed by atoms with Crippen molar-refractivity contribution in [3.8, 4) is 16.3 Å². The van der Waals surface area contributed by atoms with Crippen molar-refractivity contribution in [2.24, 2.45) is 5.73 Å². The zero-order chi connectivity index (χ0) is 19.7. The van der Waals surface area contributed by atoms with Gasteiger partial charge in [0.05, 0.1) is 16.8 Å². The number of benzene rings is 1. The summed E-state index contributed by atoms with van der Waals surface area (Å²) in [5, 5.41) is 10.8. The summed E-state index contributed by atoms with van der Waals surface area (Å²) < 4.78 is 7.65. The maximum Gasteiger partial charge on any atom is 0.262 e. The van der Waals surface area contributed by atoms with E-state index in [4.69, 9.17) is 22.1 Å². The number of aliphatic hydroxyl groups excluding tert-OH is 1. The van der Waals surface area contributed by atoms with E-state index in [0.29, 0.717) is 16.3 Å². The first-order valence-electron chi connectivity index (χ1n) is 8.46. The Morgan fingerprint density at radius 2 is 2.07 bits per heavy atom. The molecule has 3 heterocycles. The van der Waals surface area contributed by atoms with E-state index in [-0.39, 0.29) is 11.5 Å². The van der Waals surface area contributed by atoms with Gasteiger partial charge in [-0.3, -0.25) is 9.20 Å². The molecule has 1 amide bonds. The fourth-order valence-corrected chi connectivity index (χ4v) is 4.12. The summed E-state index contributed by atoms with van der Waals surface area (Å²) in [4.78, 5) is 17.3. The number of thiophene rings is 1. The van der Waals surface area contributed by atoms with E-state index >= 15 is 0 Å². The smallest absolute Gasteiger partial charge is 0.262 e. The second-order valence-electron chi connectivity index (χ2n) is 6.09. The Kier molecular flexibility index (Phi) is 5.04. The highest BCUT2D eigenvalue weighted by molar-refractivity contribution is 7.17. The van der Waals surface area contributed by atoms with E-state index in [9.17, 15) is 9.90 Å². The van der Waals surface area contributed by atoms with Crippen LogP contribution in [-0.2, 0) is 0 Å². The van der Waals surface area contributed by atoms with Gasteiger partial charge in [0, 0.05) is 22.8 Å². The number of aromatic nitrogens is 2. The lowest BCUT2D eigenvalue weighted by atomic mass is 10.1. The Hall–Kier alpha value is -2.87. The number of aliphatic hydroxyl groups is 1. The molecule has 1 atom stereocenters. The van der Waals surface area contributed by atoms with Crippen molar-refractivity contribution < 1.29 is 14.6 Å². The van der Waals surface area contributed by atoms with E-state index in [1.54, 1.807) is 36.5 Å². The quantitative estimate of drug-likeness (QED) is 0.501. The lowest BCUT2D eigenvalue weighted by molar-refractivity contribution is 0.0973. The van der Waals surface area contributed by atoms with E-state index in [1.807, 2.05) is 28.8 Å². The van der Waals surface area contributed by atoms with E-state index < -0.39 is 12.0 Å². The van der Waals surface area contributed by atoms with Gasteiger partial charge in [-0.15, -0.1) is 11.3 Å². The molecule has 6 nitrogen and oxygen atoms in total. The average Bonchev–Trinajstić information content (AvgIpc) is 3.30. The molecule has 3 N–H and O–H groups in total. The SMILES string of the molecule is NC(=O)c1sc(-c2cnc3ccccn23)cc1OCC(O)c1ccccc1Cl. The number of primary amides is 1. The number of rotatable bonds is 6. The Morgan fingerprint density at radius 3 is 2.86 bits per heavy atom. The van der Waals surface area contributed by atoms with Crippen molar-refractivity contribution in [2.75, 3.05) is 6.61 Å². The maximum atomic E-state index is 11.9. The third-order valence-electron chi connectivity index (χ3n) is 4.25. The number of fused-ring (bicyclic) bond motifs is 1. The summed E-state index contributed by atoms with van der Waals surface area (Å²) in [7, 11) is 0. The van der Waals surface area contributed by atoms with Crippen LogP contribution in [0.2, 0.25) is 5.02 Å². The van der Waals surface area contributed by atoms with Crippen LogP contribution in [0.1, 0.15) is 21.3 Å². The molecule has 0 fully saturated rings. The minimum atomic E-state index is -0.937. The van der Waals surface area contributed by atoms with Crippen LogP contribution in [0.4, 0.5) is 0 Å². The second kappa shape index (κ2) is 7.63. The van der Waals surface area contributed by atoms with Crippen molar-refractivity contribution >= 4 is 34.5 Å². The molecule has 0 aliphatic rings. The number of halogens is 1. The standard InChI is InChI=1S/C20H16ClN3O3S/c21-13-6-2-1-5-12(13)15(25)11-27-16-9-17(28-19(16)20(22)26)14-10-23-18-7-3-4-8-24(14)18/h1-10,15,25H,11H2,(H2,22,26). The van der Waals surface area contributed by atoms with E-state index in [2.05, 4.69) is 4.98 Å². The van der Waals surface area contributed by atoms with Crippen LogP contribution in [0.5, 0.6) is 5.75 Å². The van der Waals surface area contributed by atoms with Crippen LogP contribution >= 0.6 is 22.9 Å². The summed E-state index contributed by atoms with van der Waals surface area (Å²) in [5.41, 5.74) is 7.70. The van der Waals surface area contributed by atoms with Crippen LogP contribution in [-0.4, -0.2) is 27.0 Å². The van der Waals surface area contributed by atoms with E-state index in [0.717, 1.165) is 16.2 Å². The Bertz CT molecular complexity index is 1150. The number of ether oxygens (including phenoxy) is 1. The summed E-state index contributed by atoms with van der Waals surface area (Å²) in [6.07, 6.45) is 2.69. The van der Waals surface area contributed by atoms with Crippen molar-refractivity contribution in [3.63, 3.8) is 0 Å². The number of hydrogen-bond acceptors (Lipinski definition) is 5. The molecule has 0 spiro atoms. The Labute approximate surface area is 169 Å². The van der Waals surface area contributed by atoms with Gasteiger partial charge in [0.15, 0.2) is 0 Å². The van der Waals surface area contributed by atoms with Gasteiger partial charge in [0.2, 0.25) is 0 Å². The summed E-state index contributed by atoms with van der Waals surface area (Å²) >= 11 is 7.34. The summed E-state index contributed by atoms with van der Waals surface area (Å²) in [5.74, 6) is -0.267. The molecule has 0 saturated heterocycles. The van der Waals surface area contributed by atoms with Crippen LogP contribution in [0.15, 0.2) is 60.9 Å². The highest BCUT2D eigenvalue weighted by Crippen LogP contribution is 2.37. The van der Waals surface area contributed by atoms with Crippen LogP contribution in [0, 0.1) is 0 Å².